The lowest BCUT2D eigenvalue weighted by molar-refractivity contribution is -0.384. The van der Waals surface area contributed by atoms with Gasteiger partial charge in [0.1, 0.15) is 0 Å². The number of thioether (sulfide) groups is 1. The lowest BCUT2D eigenvalue weighted by atomic mass is 10.1. The van der Waals surface area contributed by atoms with Gasteiger partial charge in [0.25, 0.3) is 11.6 Å². The Hall–Kier alpha value is -3.24. The van der Waals surface area contributed by atoms with Gasteiger partial charge in [-0.25, -0.2) is 0 Å². The van der Waals surface area contributed by atoms with Crippen molar-refractivity contribution in [3.05, 3.63) is 69.8 Å². The molecule has 0 saturated carbocycles. The zero-order valence-corrected chi connectivity index (χ0v) is 18.1. The van der Waals surface area contributed by atoms with Crippen LogP contribution in [0.5, 0.6) is 0 Å². The van der Waals surface area contributed by atoms with Gasteiger partial charge < -0.3 is 14.6 Å². The molecule has 0 radical (unpaired) electrons. The van der Waals surface area contributed by atoms with Crippen LogP contribution in [-0.2, 0) is 17.0 Å². The minimum absolute atomic E-state index is 0.0290. The van der Waals surface area contributed by atoms with Gasteiger partial charge in [0.15, 0.2) is 11.0 Å². The summed E-state index contributed by atoms with van der Waals surface area (Å²) in [4.78, 5) is 22.9. The second kappa shape index (κ2) is 10.7. The van der Waals surface area contributed by atoms with Crippen LogP contribution in [-0.4, -0.2) is 45.9 Å². The fourth-order valence-electron chi connectivity index (χ4n) is 3.00. The first-order valence-corrected chi connectivity index (χ1v) is 10.7. The quantitative estimate of drug-likeness (QED) is 0.222. The Balaban J connectivity index is 1.76. The highest BCUT2D eigenvalue weighted by Crippen LogP contribution is 2.28. The molecule has 10 heteroatoms. The van der Waals surface area contributed by atoms with Gasteiger partial charge in [0.2, 0.25) is 0 Å². The normalized spacial score (nSPS) is 10.8. The van der Waals surface area contributed by atoms with Crippen LogP contribution < -0.4 is 5.32 Å². The van der Waals surface area contributed by atoms with Gasteiger partial charge in [-0.3, -0.25) is 14.9 Å². The van der Waals surface area contributed by atoms with E-state index in [1.54, 1.807) is 25.3 Å². The van der Waals surface area contributed by atoms with E-state index >= 15 is 0 Å². The lowest BCUT2D eigenvalue weighted by Gasteiger charge is -2.11. The first-order valence-electron chi connectivity index (χ1n) is 9.71. The van der Waals surface area contributed by atoms with Gasteiger partial charge in [0.05, 0.1) is 11.5 Å². The number of rotatable bonds is 10. The fraction of sp³-hybridized carbons (Fsp3) is 0.286. The minimum Gasteiger partial charge on any atom is -0.383 e. The summed E-state index contributed by atoms with van der Waals surface area (Å²) in [7, 11) is 1.59. The zero-order chi connectivity index (χ0) is 22.2. The molecule has 162 valence electrons. The number of carbonyl (C=O) groups excluding carboxylic acids is 1. The molecule has 9 nitrogen and oxygen atoms in total. The first kappa shape index (κ1) is 22.4. The van der Waals surface area contributed by atoms with E-state index in [1.807, 2.05) is 29.7 Å². The molecule has 1 heterocycles. The molecule has 1 amide bonds. The van der Waals surface area contributed by atoms with E-state index in [1.165, 1.54) is 23.9 Å². The number of ether oxygens (including phenoxy) is 1. The van der Waals surface area contributed by atoms with Crippen LogP contribution in [0.25, 0.3) is 11.4 Å². The molecule has 1 aromatic heterocycles. The number of nitro benzene ring substituents is 1. The number of hydrogen-bond acceptors (Lipinski definition) is 7. The number of non-ortho nitro benzene ring substituents is 1. The predicted molar refractivity (Wildman–Crippen MR) is 118 cm³/mol. The molecule has 0 aliphatic heterocycles. The summed E-state index contributed by atoms with van der Waals surface area (Å²) in [5.41, 5.74) is 2.29. The molecule has 3 aromatic rings. The summed E-state index contributed by atoms with van der Waals surface area (Å²) in [5.74, 6) is 1.05. The molecule has 0 unspecified atom stereocenters. The maximum atomic E-state index is 12.5. The zero-order valence-electron chi connectivity index (χ0n) is 17.3. The van der Waals surface area contributed by atoms with Gasteiger partial charge in [-0.2, -0.15) is 0 Å². The highest BCUT2D eigenvalue weighted by molar-refractivity contribution is 7.98. The second-order valence-electron chi connectivity index (χ2n) is 6.55. The summed E-state index contributed by atoms with van der Waals surface area (Å²) in [6.07, 6.45) is 0. The van der Waals surface area contributed by atoms with E-state index in [-0.39, 0.29) is 11.6 Å². The van der Waals surface area contributed by atoms with Gasteiger partial charge in [0, 0.05) is 49.2 Å². The summed E-state index contributed by atoms with van der Waals surface area (Å²) < 4.78 is 6.93. The Labute approximate surface area is 184 Å². The SMILES string of the molecule is CCn1c(SCc2ccccc2C(=O)NCCOC)nnc1-c1ccc([N+](=O)[O-])cc1. The molecule has 0 spiro atoms. The number of aromatic nitrogens is 3. The number of nitrogens with one attached hydrogen (secondary N) is 1. The van der Waals surface area contributed by atoms with Crippen molar-refractivity contribution in [1.82, 2.24) is 20.1 Å². The average Bonchev–Trinajstić information content (AvgIpc) is 3.21. The van der Waals surface area contributed by atoms with E-state index in [4.69, 9.17) is 4.74 Å². The van der Waals surface area contributed by atoms with E-state index in [0.29, 0.717) is 42.0 Å². The van der Waals surface area contributed by atoms with Crippen molar-refractivity contribution >= 4 is 23.4 Å². The van der Waals surface area contributed by atoms with E-state index in [0.717, 1.165) is 11.1 Å². The van der Waals surface area contributed by atoms with Crippen molar-refractivity contribution in [2.24, 2.45) is 0 Å². The van der Waals surface area contributed by atoms with Crippen molar-refractivity contribution in [3.63, 3.8) is 0 Å². The number of carbonyl (C=O) groups is 1. The summed E-state index contributed by atoms with van der Waals surface area (Å²) in [6, 6.07) is 13.7. The number of amides is 1. The van der Waals surface area contributed by atoms with Gasteiger partial charge >= 0.3 is 0 Å². The third-order valence-electron chi connectivity index (χ3n) is 4.58. The van der Waals surface area contributed by atoms with E-state index in [9.17, 15) is 14.9 Å². The highest BCUT2D eigenvalue weighted by Gasteiger charge is 2.16. The molecule has 3 rings (SSSR count). The maximum Gasteiger partial charge on any atom is 0.269 e. The number of hydrogen-bond donors (Lipinski definition) is 1. The van der Waals surface area contributed by atoms with Gasteiger partial charge in [-0.1, -0.05) is 30.0 Å². The van der Waals surface area contributed by atoms with Gasteiger partial charge in [-0.05, 0) is 30.7 Å². The molecular formula is C21H23N5O4S. The van der Waals surface area contributed by atoms with Crippen molar-refractivity contribution in [1.29, 1.82) is 0 Å². The molecule has 0 aliphatic carbocycles. The van der Waals surface area contributed by atoms with Crippen LogP contribution in [0.1, 0.15) is 22.8 Å². The van der Waals surface area contributed by atoms with Crippen molar-refractivity contribution < 1.29 is 14.5 Å². The number of nitro groups is 1. The summed E-state index contributed by atoms with van der Waals surface area (Å²) in [5, 5.41) is 23.0. The summed E-state index contributed by atoms with van der Waals surface area (Å²) >= 11 is 1.48. The van der Waals surface area contributed by atoms with Crippen LogP contribution in [0.3, 0.4) is 0 Å². The van der Waals surface area contributed by atoms with Crippen molar-refractivity contribution in [2.45, 2.75) is 24.4 Å². The Morgan fingerprint density at radius 3 is 2.61 bits per heavy atom. The predicted octanol–water partition coefficient (Wildman–Crippen LogP) is 3.54. The maximum absolute atomic E-state index is 12.5. The molecular weight excluding hydrogens is 418 g/mol. The topological polar surface area (TPSA) is 112 Å². The van der Waals surface area contributed by atoms with Crippen LogP contribution in [0.2, 0.25) is 0 Å². The molecule has 1 N–H and O–H groups in total. The lowest BCUT2D eigenvalue weighted by Crippen LogP contribution is -2.27. The smallest absolute Gasteiger partial charge is 0.269 e. The third-order valence-corrected chi connectivity index (χ3v) is 5.60. The number of benzene rings is 2. The Morgan fingerprint density at radius 2 is 1.94 bits per heavy atom. The largest absolute Gasteiger partial charge is 0.383 e. The third kappa shape index (κ3) is 5.47. The van der Waals surface area contributed by atoms with Crippen LogP contribution in [0.15, 0.2) is 53.7 Å². The van der Waals surface area contributed by atoms with Crippen LogP contribution in [0.4, 0.5) is 5.69 Å². The molecule has 0 atom stereocenters. The van der Waals surface area contributed by atoms with Gasteiger partial charge in [-0.15, -0.1) is 10.2 Å². The Morgan fingerprint density at radius 1 is 1.19 bits per heavy atom. The average molecular weight is 442 g/mol. The van der Waals surface area contributed by atoms with Crippen LogP contribution in [0, 0.1) is 10.1 Å². The minimum atomic E-state index is -0.432. The first-order chi connectivity index (χ1) is 15.0. The number of nitrogens with zero attached hydrogens (tertiary/aromatic N) is 4. The standard InChI is InChI=1S/C21H23N5O4S/c1-3-25-19(15-8-10-17(11-9-15)26(28)29)23-24-21(25)31-14-16-6-4-5-7-18(16)20(27)22-12-13-30-2/h4-11H,3,12-14H2,1-2H3,(H,22,27). The molecule has 31 heavy (non-hydrogen) atoms. The molecule has 0 fully saturated rings. The van der Waals surface area contributed by atoms with E-state index < -0.39 is 4.92 Å². The van der Waals surface area contributed by atoms with E-state index in [2.05, 4.69) is 15.5 Å². The molecule has 0 saturated heterocycles. The molecule has 0 bridgehead atoms. The fourth-order valence-corrected chi connectivity index (χ4v) is 4.00. The van der Waals surface area contributed by atoms with Crippen LogP contribution >= 0.6 is 11.8 Å². The highest BCUT2D eigenvalue weighted by atomic mass is 32.2. The monoisotopic (exact) mass is 441 g/mol. The molecule has 0 aliphatic rings. The second-order valence-corrected chi connectivity index (χ2v) is 7.49. The number of methoxy groups -OCH3 is 1. The van der Waals surface area contributed by atoms with Crippen molar-refractivity contribution in [3.8, 4) is 11.4 Å². The van der Waals surface area contributed by atoms with Crippen molar-refractivity contribution in [2.75, 3.05) is 20.3 Å². The molecule has 2 aromatic carbocycles. The summed E-state index contributed by atoms with van der Waals surface area (Å²) in [6.45, 7) is 3.52. The Kier molecular flexibility index (Phi) is 7.74. The Bertz CT molecular complexity index is 1050.